The van der Waals surface area contributed by atoms with E-state index in [-0.39, 0.29) is 28.8 Å². The fraction of sp³-hybridized carbons (Fsp3) is 0.267. The lowest BCUT2D eigenvalue weighted by Gasteiger charge is -2.26. The number of hydrogen-bond acceptors (Lipinski definition) is 5. The topological polar surface area (TPSA) is 68.3 Å². The summed E-state index contributed by atoms with van der Waals surface area (Å²) in [5.41, 5.74) is -0.849. The van der Waals surface area contributed by atoms with Gasteiger partial charge in [-0.05, 0) is 24.3 Å². The van der Waals surface area contributed by atoms with Crippen LogP contribution in [0.2, 0.25) is 0 Å². The Kier molecular flexibility index (Phi) is 4.12. The molecule has 1 N–H and O–H groups in total. The van der Waals surface area contributed by atoms with Crippen molar-refractivity contribution in [1.29, 1.82) is 0 Å². The molecule has 1 atom stereocenters. The summed E-state index contributed by atoms with van der Waals surface area (Å²) in [6.45, 7) is 0.103. The number of ether oxygens (including phenoxy) is 1. The molecule has 0 saturated carbocycles. The van der Waals surface area contributed by atoms with Gasteiger partial charge in [-0.25, -0.2) is 13.4 Å². The van der Waals surface area contributed by atoms with E-state index in [9.17, 15) is 21.6 Å². The summed E-state index contributed by atoms with van der Waals surface area (Å²) >= 11 is 0. The second kappa shape index (κ2) is 5.97. The largest absolute Gasteiger partial charge is 0.486 e. The lowest BCUT2D eigenvalue weighted by molar-refractivity contribution is -0.137. The van der Waals surface area contributed by atoms with Gasteiger partial charge < -0.3 is 10.1 Å². The maximum Gasteiger partial charge on any atom is 0.417 e. The number of sulfone groups is 1. The number of pyridine rings is 1. The zero-order valence-corrected chi connectivity index (χ0v) is 13.1. The van der Waals surface area contributed by atoms with E-state index in [1.165, 1.54) is 12.1 Å². The molecule has 0 fully saturated rings. The standard InChI is InChI=1S/C15H13F3N2O3S/c16-15(17,18)10-5-6-14(19-7-10)20-8-11-9-24(21,22)13-4-2-1-3-12(13)23-11/h1-7,11H,8-9H2,(H,19,20). The molecule has 2 heterocycles. The van der Waals surface area contributed by atoms with Crippen LogP contribution in [0.15, 0.2) is 47.5 Å². The Morgan fingerprint density at radius 3 is 2.62 bits per heavy atom. The first-order valence-corrected chi connectivity index (χ1v) is 8.66. The highest BCUT2D eigenvalue weighted by molar-refractivity contribution is 7.91. The summed E-state index contributed by atoms with van der Waals surface area (Å²) in [6, 6.07) is 8.42. The van der Waals surface area contributed by atoms with Gasteiger partial charge in [0.1, 0.15) is 22.6 Å². The molecule has 9 heteroatoms. The summed E-state index contributed by atoms with van der Waals surface area (Å²) in [5.74, 6) is 0.274. The smallest absolute Gasteiger partial charge is 0.417 e. The molecule has 1 aliphatic heterocycles. The molecule has 2 aromatic rings. The molecule has 1 aromatic carbocycles. The fourth-order valence-electron chi connectivity index (χ4n) is 2.34. The van der Waals surface area contributed by atoms with E-state index in [4.69, 9.17) is 4.74 Å². The maximum absolute atomic E-state index is 12.5. The van der Waals surface area contributed by atoms with Crippen molar-refractivity contribution in [2.45, 2.75) is 17.2 Å². The van der Waals surface area contributed by atoms with Crippen molar-refractivity contribution in [3.05, 3.63) is 48.2 Å². The molecule has 3 rings (SSSR count). The van der Waals surface area contributed by atoms with Crippen molar-refractivity contribution in [3.8, 4) is 5.75 Å². The first-order valence-electron chi connectivity index (χ1n) is 7.01. The van der Waals surface area contributed by atoms with Crippen LogP contribution in [0.25, 0.3) is 0 Å². The van der Waals surface area contributed by atoms with Crippen LogP contribution in [0, 0.1) is 0 Å². The van der Waals surface area contributed by atoms with Gasteiger partial charge in [-0.2, -0.15) is 13.2 Å². The third-order valence-electron chi connectivity index (χ3n) is 3.48. The van der Waals surface area contributed by atoms with Gasteiger partial charge in [0.25, 0.3) is 0 Å². The molecule has 0 radical (unpaired) electrons. The quantitative estimate of drug-likeness (QED) is 0.914. The molecule has 5 nitrogen and oxygen atoms in total. The lowest BCUT2D eigenvalue weighted by Crippen LogP contribution is -2.37. The molecule has 0 amide bonds. The number of fused-ring (bicyclic) bond motifs is 1. The molecule has 0 bridgehead atoms. The first-order chi connectivity index (χ1) is 11.3. The van der Waals surface area contributed by atoms with Crippen LogP contribution in [0.5, 0.6) is 5.75 Å². The van der Waals surface area contributed by atoms with Crippen LogP contribution in [0.1, 0.15) is 5.56 Å². The van der Waals surface area contributed by atoms with Crippen LogP contribution < -0.4 is 10.1 Å². The Morgan fingerprint density at radius 2 is 1.96 bits per heavy atom. The maximum atomic E-state index is 12.5. The number of hydrogen-bond donors (Lipinski definition) is 1. The summed E-state index contributed by atoms with van der Waals surface area (Å²) in [7, 11) is -3.46. The van der Waals surface area contributed by atoms with Crippen molar-refractivity contribution >= 4 is 15.7 Å². The molecular weight excluding hydrogens is 345 g/mol. The molecule has 1 unspecified atom stereocenters. The highest BCUT2D eigenvalue weighted by Gasteiger charge is 2.32. The van der Waals surface area contributed by atoms with Gasteiger partial charge in [-0.3, -0.25) is 0 Å². The average Bonchev–Trinajstić information content (AvgIpc) is 2.52. The van der Waals surface area contributed by atoms with Gasteiger partial charge in [-0.15, -0.1) is 0 Å². The predicted octanol–water partition coefficient (Wildman–Crippen LogP) is 2.75. The molecule has 24 heavy (non-hydrogen) atoms. The second-order valence-corrected chi connectivity index (χ2v) is 7.28. The third kappa shape index (κ3) is 3.45. The van der Waals surface area contributed by atoms with Crippen molar-refractivity contribution in [2.75, 3.05) is 17.6 Å². The van der Waals surface area contributed by atoms with Crippen molar-refractivity contribution in [1.82, 2.24) is 4.98 Å². The Labute approximate surface area is 136 Å². The molecule has 1 aromatic heterocycles. The summed E-state index contributed by atoms with van der Waals surface area (Å²) in [6.07, 6.45) is -4.39. The van der Waals surface area contributed by atoms with E-state index >= 15 is 0 Å². The minimum atomic E-state index is -4.45. The van der Waals surface area contributed by atoms with Gasteiger partial charge in [0, 0.05) is 6.20 Å². The summed E-state index contributed by atoms with van der Waals surface area (Å²) < 4.78 is 67.4. The van der Waals surface area contributed by atoms with Crippen LogP contribution in [-0.2, 0) is 16.0 Å². The van der Waals surface area contributed by atoms with Crippen LogP contribution in [-0.4, -0.2) is 31.8 Å². The van der Waals surface area contributed by atoms with Gasteiger partial charge in [0.2, 0.25) is 0 Å². The van der Waals surface area contributed by atoms with E-state index in [1.54, 1.807) is 18.2 Å². The highest BCUT2D eigenvalue weighted by atomic mass is 32.2. The number of alkyl halides is 3. The molecule has 0 saturated heterocycles. The zero-order chi connectivity index (χ0) is 17.4. The normalized spacial score (nSPS) is 19.2. The minimum absolute atomic E-state index is 0.103. The van der Waals surface area contributed by atoms with E-state index in [1.807, 2.05) is 0 Å². The molecular formula is C15H13F3N2O3S. The minimum Gasteiger partial charge on any atom is -0.486 e. The van der Waals surface area contributed by atoms with E-state index in [0.717, 1.165) is 12.3 Å². The highest BCUT2D eigenvalue weighted by Crippen LogP contribution is 2.31. The van der Waals surface area contributed by atoms with Gasteiger partial charge in [-0.1, -0.05) is 12.1 Å². The number of halogens is 3. The number of rotatable bonds is 3. The SMILES string of the molecule is O=S1(=O)CC(CNc2ccc(C(F)(F)F)cn2)Oc2ccccc21. The fourth-order valence-corrected chi connectivity index (χ4v) is 3.90. The van der Waals surface area contributed by atoms with E-state index in [2.05, 4.69) is 10.3 Å². The molecule has 1 aliphatic rings. The number of benzene rings is 1. The Hall–Kier alpha value is -2.29. The number of nitrogens with one attached hydrogen (secondary N) is 1. The Bertz CT molecular complexity index is 836. The summed E-state index contributed by atoms with van der Waals surface area (Å²) in [5, 5.41) is 2.79. The van der Waals surface area contributed by atoms with Crippen LogP contribution >= 0.6 is 0 Å². The van der Waals surface area contributed by atoms with Crippen molar-refractivity contribution in [3.63, 3.8) is 0 Å². The zero-order valence-electron chi connectivity index (χ0n) is 12.2. The predicted molar refractivity (Wildman–Crippen MR) is 80.6 cm³/mol. The Balaban J connectivity index is 1.68. The number of para-hydroxylation sites is 1. The molecule has 128 valence electrons. The first kappa shape index (κ1) is 16.6. The summed E-state index contributed by atoms with van der Waals surface area (Å²) in [4.78, 5) is 3.82. The number of nitrogens with zero attached hydrogens (tertiary/aromatic N) is 1. The van der Waals surface area contributed by atoms with E-state index < -0.39 is 27.7 Å². The Morgan fingerprint density at radius 1 is 1.21 bits per heavy atom. The van der Waals surface area contributed by atoms with Gasteiger partial charge >= 0.3 is 6.18 Å². The number of anilines is 1. The number of aromatic nitrogens is 1. The van der Waals surface area contributed by atoms with Gasteiger partial charge in [0.15, 0.2) is 9.84 Å². The molecule has 0 aliphatic carbocycles. The third-order valence-corrected chi connectivity index (χ3v) is 5.30. The van der Waals surface area contributed by atoms with Crippen LogP contribution in [0.3, 0.4) is 0 Å². The van der Waals surface area contributed by atoms with Crippen molar-refractivity contribution < 1.29 is 26.3 Å². The van der Waals surface area contributed by atoms with E-state index in [0.29, 0.717) is 0 Å². The monoisotopic (exact) mass is 358 g/mol. The van der Waals surface area contributed by atoms with Gasteiger partial charge in [0.05, 0.1) is 17.9 Å². The molecule has 0 spiro atoms. The van der Waals surface area contributed by atoms with Crippen molar-refractivity contribution in [2.24, 2.45) is 0 Å². The second-order valence-electron chi connectivity index (χ2n) is 5.28. The lowest BCUT2D eigenvalue weighted by atomic mass is 10.2. The average molecular weight is 358 g/mol. The van der Waals surface area contributed by atoms with Crippen LogP contribution in [0.4, 0.5) is 19.0 Å².